The Kier molecular flexibility index (Phi) is 3.08. The fourth-order valence-electron chi connectivity index (χ4n) is 2.88. The molecule has 6 heteroatoms. The molecule has 2 aliphatic rings. The monoisotopic (exact) mass is 298 g/mol. The van der Waals surface area contributed by atoms with Crippen molar-refractivity contribution < 1.29 is 8.42 Å². The predicted octanol–water partition coefficient (Wildman–Crippen LogP) is 2.36. The van der Waals surface area contributed by atoms with Gasteiger partial charge in [0.05, 0.1) is 15.6 Å². The largest absolute Gasteiger partial charge is 0.380 e. The number of sulfonamides is 1. The van der Waals surface area contributed by atoms with Gasteiger partial charge in [-0.05, 0) is 37.0 Å². The Morgan fingerprint density at radius 3 is 2.84 bits per heavy atom. The molecule has 0 saturated heterocycles. The Balaban J connectivity index is 1.83. The van der Waals surface area contributed by atoms with Crippen molar-refractivity contribution in [3.63, 3.8) is 0 Å². The van der Waals surface area contributed by atoms with Crippen LogP contribution in [0.1, 0.15) is 12.8 Å². The minimum absolute atomic E-state index is 0.0808. The lowest BCUT2D eigenvalue weighted by molar-refractivity contribution is 0.218. The zero-order chi connectivity index (χ0) is 13.6. The number of primary sulfonamides is 1. The third kappa shape index (κ3) is 2.38. The van der Waals surface area contributed by atoms with Gasteiger partial charge in [-0.2, -0.15) is 0 Å². The van der Waals surface area contributed by atoms with Gasteiger partial charge >= 0.3 is 0 Å². The third-order valence-electron chi connectivity index (χ3n) is 3.97. The first kappa shape index (κ1) is 13.0. The van der Waals surface area contributed by atoms with Crippen molar-refractivity contribution in [3.8, 4) is 0 Å². The number of nitrogens with two attached hydrogens (primary N) is 1. The summed E-state index contributed by atoms with van der Waals surface area (Å²) in [6.07, 6.45) is 6.67. The minimum atomic E-state index is -3.70. The highest BCUT2D eigenvalue weighted by atomic mass is 35.5. The molecule has 0 bridgehead atoms. The molecular weight excluding hydrogens is 284 g/mol. The van der Waals surface area contributed by atoms with Crippen molar-refractivity contribution in [3.05, 3.63) is 35.4 Å². The van der Waals surface area contributed by atoms with Gasteiger partial charge in [0.2, 0.25) is 10.0 Å². The average molecular weight is 299 g/mol. The van der Waals surface area contributed by atoms with Crippen LogP contribution in [0.25, 0.3) is 0 Å². The van der Waals surface area contributed by atoms with Gasteiger partial charge in [0, 0.05) is 12.0 Å². The second-order valence-electron chi connectivity index (χ2n) is 5.17. The first-order chi connectivity index (χ1) is 8.95. The lowest BCUT2D eigenvalue weighted by atomic mass is 9.71. The van der Waals surface area contributed by atoms with Gasteiger partial charge in [-0.1, -0.05) is 23.8 Å². The molecule has 0 aliphatic heterocycles. The van der Waals surface area contributed by atoms with Crippen LogP contribution in [0.2, 0.25) is 5.02 Å². The topological polar surface area (TPSA) is 72.2 Å². The molecule has 0 amide bonds. The third-order valence-corrected chi connectivity index (χ3v) is 5.21. The van der Waals surface area contributed by atoms with Crippen LogP contribution in [0, 0.1) is 11.8 Å². The molecule has 0 radical (unpaired) electrons. The molecule has 1 aromatic carbocycles. The highest BCUT2D eigenvalue weighted by Gasteiger charge is 2.41. The highest BCUT2D eigenvalue weighted by molar-refractivity contribution is 7.89. The van der Waals surface area contributed by atoms with Gasteiger partial charge in [-0.3, -0.25) is 0 Å². The Labute approximate surface area is 117 Å². The number of benzene rings is 1. The van der Waals surface area contributed by atoms with E-state index >= 15 is 0 Å². The number of rotatable bonds is 3. The van der Waals surface area contributed by atoms with Crippen LogP contribution >= 0.6 is 11.6 Å². The summed E-state index contributed by atoms with van der Waals surface area (Å²) >= 11 is 6.10. The lowest BCUT2D eigenvalue weighted by Gasteiger charge is -2.41. The molecule has 0 aromatic heterocycles. The number of anilines is 1. The fraction of sp³-hybridized carbons (Fsp3) is 0.385. The lowest BCUT2D eigenvalue weighted by Crippen LogP contribution is -2.43. The van der Waals surface area contributed by atoms with Crippen molar-refractivity contribution >= 4 is 27.3 Å². The van der Waals surface area contributed by atoms with Gasteiger partial charge < -0.3 is 5.32 Å². The summed E-state index contributed by atoms with van der Waals surface area (Å²) in [6.45, 7) is 0. The fourth-order valence-corrected chi connectivity index (χ4v) is 3.59. The van der Waals surface area contributed by atoms with Crippen LogP contribution in [0.3, 0.4) is 0 Å². The van der Waals surface area contributed by atoms with Crippen LogP contribution in [-0.4, -0.2) is 14.5 Å². The standard InChI is InChI=1S/C13H15ClN2O2S/c14-11-5-4-9(19(15,17)18)7-13(11)16-12-6-8-2-1-3-10(8)12/h1,3-5,7-8,10,12,16H,2,6H2,(H2,15,17,18). The van der Waals surface area contributed by atoms with E-state index in [2.05, 4.69) is 17.5 Å². The molecule has 3 N–H and O–H groups in total. The number of halogens is 1. The van der Waals surface area contributed by atoms with E-state index in [0.29, 0.717) is 22.7 Å². The smallest absolute Gasteiger partial charge is 0.238 e. The zero-order valence-electron chi connectivity index (χ0n) is 10.2. The molecule has 1 aromatic rings. The van der Waals surface area contributed by atoms with Crippen LogP contribution in [0.5, 0.6) is 0 Å². The van der Waals surface area contributed by atoms with Crippen LogP contribution < -0.4 is 10.5 Å². The molecule has 3 atom stereocenters. The van der Waals surface area contributed by atoms with E-state index in [1.807, 2.05) is 0 Å². The van der Waals surface area contributed by atoms with Crippen molar-refractivity contribution in [2.24, 2.45) is 17.0 Å². The van der Waals surface area contributed by atoms with Crippen LogP contribution in [0.4, 0.5) is 5.69 Å². The van der Waals surface area contributed by atoms with E-state index in [0.717, 1.165) is 18.8 Å². The summed E-state index contributed by atoms with van der Waals surface area (Å²) in [7, 11) is -3.70. The van der Waals surface area contributed by atoms with Gasteiger partial charge in [0.15, 0.2) is 0 Å². The predicted molar refractivity (Wildman–Crippen MR) is 75.6 cm³/mol. The Hall–Kier alpha value is -1.04. The highest BCUT2D eigenvalue weighted by Crippen LogP contribution is 2.44. The molecule has 3 rings (SSSR count). The summed E-state index contributed by atoms with van der Waals surface area (Å²) in [6, 6.07) is 4.81. The molecule has 0 spiro atoms. The molecular formula is C13H15ClN2O2S. The first-order valence-electron chi connectivity index (χ1n) is 6.21. The Morgan fingerprint density at radius 2 is 2.16 bits per heavy atom. The molecule has 2 aliphatic carbocycles. The summed E-state index contributed by atoms with van der Waals surface area (Å²) in [5.41, 5.74) is 0.636. The van der Waals surface area contributed by atoms with Crippen molar-refractivity contribution in [1.29, 1.82) is 0 Å². The molecule has 0 heterocycles. The molecule has 19 heavy (non-hydrogen) atoms. The summed E-state index contributed by atoms with van der Waals surface area (Å²) in [4.78, 5) is 0.0808. The van der Waals surface area contributed by atoms with E-state index in [1.165, 1.54) is 12.1 Å². The van der Waals surface area contributed by atoms with Gasteiger partial charge in [0.25, 0.3) is 0 Å². The summed E-state index contributed by atoms with van der Waals surface area (Å²) in [5, 5.41) is 8.97. The van der Waals surface area contributed by atoms with Gasteiger partial charge in [-0.15, -0.1) is 0 Å². The Morgan fingerprint density at radius 1 is 1.37 bits per heavy atom. The zero-order valence-corrected chi connectivity index (χ0v) is 11.8. The summed E-state index contributed by atoms with van der Waals surface area (Å²) < 4.78 is 22.7. The minimum Gasteiger partial charge on any atom is -0.380 e. The number of allylic oxidation sites excluding steroid dienone is 1. The maximum atomic E-state index is 11.3. The average Bonchev–Trinajstić information content (AvgIpc) is 2.68. The number of hydrogen-bond donors (Lipinski definition) is 2. The van der Waals surface area contributed by atoms with Crippen LogP contribution in [0.15, 0.2) is 35.2 Å². The molecule has 3 unspecified atom stereocenters. The van der Waals surface area contributed by atoms with E-state index in [4.69, 9.17) is 16.7 Å². The Bertz CT molecular complexity index is 642. The molecule has 1 saturated carbocycles. The SMILES string of the molecule is NS(=O)(=O)c1ccc(Cl)c(NC2CC3CC=CC32)c1. The number of nitrogens with one attached hydrogen (secondary N) is 1. The quantitative estimate of drug-likeness (QED) is 0.842. The van der Waals surface area contributed by atoms with Crippen molar-refractivity contribution in [2.45, 2.75) is 23.8 Å². The second-order valence-corrected chi connectivity index (χ2v) is 7.14. The molecule has 102 valence electrons. The summed E-state index contributed by atoms with van der Waals surface area (Å²) in [5.74, 6) is 1.27. The van der Waals surface area contributed by atoms with Crippen molar-refractivity contribution in [2.75, 3.05) is 5.32 Å². The van der Waals surface area contributed by atoms with Crippen LogP contribution in [-0.2, 0) is 10.0 Å². The second kappa shape index (κ2) is 4.51. The van der Waals surface area contributed by atoms with Gasteiger partial charge in [-0.25, -0.2) is 13.6 Å². The van der Waals surface area contributed by atoms with Gasteiger partial charge in [0.1, 0.15) is 0 Å². The first-order valence-corrected chi connectivity index (χ1v) is 8.13. The number of fused-ring (bicyclic) bond motifs is 1. The van der Waals surface area contributed by atoms with E-state index in [-0.39, 0.29) is 4.90 Å². The van der Waals surface area contributed by atoms with E-state index < -0.39 is 10.0 Å². The maximum Gasteiger partial charge on any atom is 0.238 e. The van der Waals surface area contributed by atoms with E-state index in [1.54, 1.807) is 6.07 Å². The van der Waals surface area contributed by atoms with E-state index in [9.17, 15) is 8.42 Å². The van der Waals surface area contributed by atoms with Crippen molar-refractivity contribution in [1.82, 2.24) is 0 Å². The molecule has 4 nitrogen and oxygen atoms in total. The molecule has 1 fully saturated rings. The maximum absolute atomic E-state index is 11.3. The normalized spacial score (nSPS) is 28.8. The number of hydrogen-bond acceptors (Lipinski definition) is 3.